The fourth-order valence-electron chi connectivity index (χ4n) is 8.37. The monoisotopic (exact) mass is 1010 g/mol. The molecule has 0 aliphatic carbocycles. The van der Waals surface area contributed by atoms with Crippen molar-refractivity contribution < 1.29 is 49.3 Å². The number of rotatable bonds is 48. The third-order valence-electron chi connectivity index (χ3n) is 13.0. The Kier molecular flexibility index (Phi) is 46.4. The summed E-state index contributed by atoms with van der Waals surface area (Å²) in [7, 11) is 0. The standard InChI is InChI=1S/C61H105NO10/c1-3-5-7-9-11-13-15-16-17-18-19-20-23-26-29-33-37-41-45-49-57(66)70-50-46-42-38-34-30-27-24-21-22-25-28-32-36-40-44-48-56(65)62-53(52-71-61-60(69)59(68)58(67)55(51-63)72-61)54(64)47-43-39-35-31-14-12-10-8-6-4-2/h6,8,11,13-14,16-17,21,24,27,30-31,43,47,53-55,58-61,63-64,67-69H,3-5,7,9-10,12,15,18-20,22-23,25-26,28-29,32-42,44-46,48-52H2,1-2H3,(H,62,65)/b8-6+,13-11-,17-16-,24-21-,30-27-,31-14+,47-43+. The van der Waals surface area contributed by atoms with Crippen molar-refractivity contribution >= 4 is 11.9 Å². The van der Waals surface area contributed by atoms with Gasteiger partial charge in [-0.15, -0.1) is 0 Å². The van der Waals surface area contributed by atoms with Crippen molar-refractivity contribution in [1.29, 1.82) is 0 Å². The van der Waals surface area contributed by atoms with Crippen LogP contribution in [0.15, 0.2) is 85.1 Å². The molecular weight excluding hydrogens is 907 g/mol. The fourth-order valence-corrected chi connectivity index (χ4v) is 8.37. The predicted octanol–water partition coefficient (Wildman–Crippen LogP) is 13.0. The van der Waals surface area contributed by atoms with Gasteiger partial charge in [-0.2, -0.15) is 0 Å². The van der Waals surface area contributed by atoms with Gasteiger partial charge in [0.2, 0.25) is 5.91 Å². The molecule has 1 fully saturated rings. The number of aliphatic hydroxyl groups is 5. The predicted molar refractivity (Wildman–Crippen MR) is 296 cm³/mol. The SMILES string of the molecule is CC/C=C/CC/C=C/CC/C=C/C(O)C(COC1OC(CO)C(O)C(O)C1O)NC(=O)CCCCCCCC/C=C\C=C/CCCCCOC(=O)CCCCCCCCCCC/C=C\C/C=C\CCCCC. The van der Waals surface area contributed by atoms with Gasteiger partial charge in [0.15, 0.2) is 6.29 Å². The molecule has 1 heterocycles. The molecule has 1 aliphatic rings. The molecule has 0 aromatic rings. The minimum Gasteiger partial charge on any atom is -0.466 e. The van der Waals surface area contributed by atoms with Crippen LogP contribution in [0.1, 0.15) is 226 Å². The first-order valence-corrected chi connectivity index (χ1v) is 28.9. The molecule has 0 aromatic heterocycles. The Morgan fingerprint density at radius 1 is 0.542 bits per heavy atom. The number of carbonyl (C=O) groups excluding carboxylic acids is 2. The third kappa shape index (κ3) is 39.3. The average Bonchev–Trinajstić information content (AvgIpc) is 3.38. The molecule has 0 saturated carbocycles. The molecule has 11 nitrogen and oxygen atoms in total. The van der Waals surface area contributed by atoms with E-state index in [1.54, 1.807) is 6.08 Å². The summed E-state index contributed by atoms with van der Waals surface area (Å²) in [6, 6.07) is -0.853. The van der Waals surface area contributed by atoms with Crippen LogP contribution in [-0.4, -0.2) is 100 Å². The van der Waals surface area contributed by atoms with Crippen molar-refractivity contribution in [2.24, 2.45) is 0 Å². The van der Waals surface area contributed by atoms with Crippen molar-refractivity contribution in [1.82, 2.24) is 5.32 Å². The van der Waals surface area contributed by atoms with Crippen LogP contribution >= 0.6 is 0 Å². The van der Waals surface area contributed by atoms with E-state index < -0.39 is 49.5 Å². The Morgan fingerprint density at radius 2 is 1.03 bits per heavy atom. The van der Waals surface area contributed by atoms with Gasteiger partial charge in [0.25, 0.3) is 0 Å². The number of aliphatic hydroxyl groups excluding tert-OH is 5. The lowest BCUT2D eigenvalue weighted by Gasteiger charge is -2.40. The Balaban J connectivity index is 2.10. The first-order chi connectivity index (χ1) is 35.2. The lowest BCUT2D eigenvalue weighted by molar-refractivity contribution is -0.302. The van der Waals surface area contributed by atoms with Crippen LogP contribution < -0.4 is 5.32 Å². The van der Waals surface area contributed by atoms with Crippen LogP contribution in [0.5, 0.6) is 0 Å². The molecule has 0 spiro atoms. The van der Waals surface area contributed by atoms with Gasteiger partial charge in [0.05, 0.1) is 32.0 Å². The molecule has 414 valence electrons. The Bertz CT molecular complexity index is 1470. The first-order valence-electron chi connectivity index (χ1n) is 28.9. The van der Waals surface area contributed by atoms with E-state index in [4.69, 9.17) is 14.2 Å². The molecule has 7 atom stereocenters. The van der Waals surface area contributed by atoms with E-state index in [-0.39, 0.29) is 18.5 Å². The van der Waals surface area contributed by atoms with E-state index in [0.29, 0.717) is 32.3 Å². The van der Waals surface area contributed by atoms with Crippen LogP contribution in [0.3, 0.4) is 0 Å². The second kappa shape index (κ2) is 50.0. The Morgan fingerprint density at radius 3 is 1.60 bits per heavy atom. The summed E-state index contributed by atoms with van der Waals surface area (Å²) in [6.45, 7) is 4.08. The van der Waals surface area contributed by atoms with Crippen LogP contribution in [0.25, 0.3) is 0 Å². The van der Waals surface area contributed by atoms with Gasteiger partial charge in [0, 0.05) is 12.8 Å². The summed E-state index contributed by atoms with van der Waals surface area (Å²) in [5, 5.41) is 54.1. The Labute approximate surface area is 438 Å². The smallest absolute Gasteiger partial charge is 0.305 e. The molecule has 6 N–H and O–H groups in total. The molecule has 1 rings (SSSR count). The van der Waals surface area contributed by atoms with Crippen LogP contribution in [0.2, 0.25) is 0 Å². The lowest BCUT2D eigenvalue weighted by Crippen LogP contribution is -2.60. The first kappa shape index (κ1) is 66.9. The highest BCUT2D eigenvalue weighted by Gasteiger charge is 2.44. The van der Waals surface area contributed by atoms with Crippen LogP contribution in [-0.2, 0) is 23.8 Å². The van der Waals surface area contributed by atoms with E-state index >= 15 is 0 Å². The number of unbranched alkanes of at least 4 members (excludes halogenated alkanes) is 23. The maximum Gasteiger partial charge on any atom is 0.305 e. The molecule has 11 heteroatoms. The van der Waals surface area contributed by atoms with Gasteiger partial charge in [-0.25, -0.2) is 0 Å². The maximum absolute atomic E-state index is 13.0. The number of esters is 1. The summed E-state index contributed by atoms with van der Waals surface area (Å²) in [5.74, 6) is -0.272. The summed E-state index contributed by atoms with van der Waals surface area (Å²) in [6.07, 6.45) is 56.9. The summed E-state index contributed by atoms with van der Waals surface area (Å²) < 4.78 is 16.6. The van der Waals surface area contributed by atoms with Gasteiger partial charge in [-0.05, 0) is 116 Å². The molecule has 0 aromatic carbocycles. The van der Waals surface area contributed by atoms with Gasteiger partial charge >= 0.3 is 5.97 Å². The molecule has 1 amide bonds. The zero-order valence-electron chi connectivity index (χ0n) is 45.4. The van der Waals surface area contributed by atoms with Crippen LogP contribution in [0, 0.1) is 0 Å². The van der Waals surface area contributed by atoms with Gasteiger partial charge in [-0.3, -0.25) is 9.59 Å². The van der Waals surface area contributed by atoms with Gasteiger partial charge < -0.3 is 45.1 Å². The van der Waals surface area contributed by atoms with Crippen molar-refractivity contribution in [3.63, 3.8) is 0 Å². The lowest BCUT2D eigenvalue weighted by atomic mass is 9.99. The second-order valence-electron chi connectivity index (χ2n) is 19.6. The van der Waals surface area contributed by atoms with Crippen molar-refractivity contribution in [3.05, 3.63) is 85.1 Å². The number of allylic oxidation sites excluding steroid dienone is 13. The highest BCUT2D eigenvalue weighted by Crippen LogP contribution is 2.23. The third-order valence-corrected chi connectivity index (χ3v) is 13.0. The topological polar surface area (TPSA) is 175 Å². The summed E-state index contributed by atoms with van der Waals surface area (Å²) in [4.78, 5) is 25.1. The number of ether oxygens (including phenoxy) is 3. The number of hydrogen-bond donors (Lipinski definition) is 6. The van der Waals surface area contributed by atoms with Crippen LogP contribution in [0.4, 0.5) is 0 Å². The highest BCUT2D eigenvalue weighted by molar-refractivity contribution is 5.76. The second-order valence-corrected chi connectivity index (χ2v) is 19.6. The van der Waals surface area contributed by atoms with Crippen molar-refractivity contribution in [3.8, 4) is 0 Å². The van der Waals surface area contributed by atoms with E-state index in [2.05, 4.69) is 92.1 Å². The number of carbonyl (C=O) groups is 2. The zero-order chi connectivity index (χ0) is 52.4. The quantitative estimate of drug-likeness (QED) is 0.0149. The normalized spacial score (nSPS) is 19.7. The minimum atomic E-state index is -1.59. The highest BCUT2D eigenvalue weighted by atomic mass is 16.7. The number of hydrogen-bond acceptors (Lipinski definition) is 10. The van der Waals surface area contributed by atoms with Crippen molar-refractivity contribution in [2.75, 3.05) is 19.8 Å². The van der Waals surface area contributed by atoms with E-state index in [1.165, 1.54) is 77.0 Å². The molecule has 0 radical (unpaired) electrons. The molecular formula is C61H105NO10. The van der Waals surface area contributed by atoms with E-state index in [9.17, 15) is 35.1 Å². The Hall–Kier alpha value is -3.16. The average molecular weight is 1010 g/mol. The maximum atomic E-state index is 13.0. The number of amides is 1. The zero-order valence-corrected chi connectivity index (χ0v) is 45.4. The largest absolute Gasteiger partial charge is 0.466 e. The molecule has 1 aliphatic heterocycles. The molecule has 0 bridgehead atoms. The number of nitrogens with one attached hydrogen (secondary N) is 1. The summed E-state index contributed by atoms with van der Waals surface area (Å²) in [5.41, 5.74) is 0. The fraction of sp³-hybridized carbons (Fsp3) is 0.738. The minimum absolute atomic E-state index is 0.0478. The van der Waals surface area contributed by atoms with Gasteiger partial charge in [-0.1, -0.05) is 182 Å². The molecule has 72 heavy (non-hydrogen) atoms. The molecule has 1 saturated heterocycles. The van der Waals surface area contributed by atoms with Gasteiger partial charge in [0.1, 0.15) is 24.4 Å². The summed E-state index contributed by atoms with van der Waals surface area (Å²) >= 11 is 0. The van der Waals surface area contributed by atoms with E-state index in [0.717, 1.165) is 109 Å². The van der Waals surface area contributed by atoms with Crippen molar-refractivity contribution in [2.45, 2.75) is 269 Å². The van der Waals surface area contributed by atoms with E-state index in [1.807, 2.05) is 6.08 Å². The molecule has 7 unspecified atom stereocenters.